The van der Waals surface area contributed by atoms with Gasteiger partial charge in [0.25, 0.3) is 5.56 Å². The summed E-state index contributed by atoms with van der Waals surface area (Å²) in [5, 5.41) is 4.90. The van der Waals surface area contributed by atoms with Gasteiger partial charge in [-0.3, -0.25) is 4.79 Å². The van der Waals surface area contributed by atoms with Gasteiger partial charge in [-0.2, -0.15) is 18.3 Å². The number of benzene rings is 1. The van der Waals surface area contributed by atoms with Crippen LogP contribution in [0.2, 0.25) is 5.02 Å². The summed E-state index contributed by atoms with van der Waals surface area (Å²) >= 11 is 5.85. The van der Waals surface area contributed by atoms with Crippen molar-refractivity contribution in [3.8, 4) is 17.3 Å². The molecule has 0 amide bonds. The first-order chi connectivity index (χ1) is 13.3. The average Bonchev–Trinajstić information content (AvgIpc) is 2.67. The van der Waals surface area contributed by atoms with Crippen LogP contribution in [0.1, 0.15) is 5.56 Å². The summed E-state index contributed by atoms with van der Waals surface area (Å²) < 4.78 is 42.2. The molecule has 0 bridgehead atoms. The summed E-state index contributed by atoms with van der Waals surface area (Å²) in [6.07, 6.45) is -1.32. The van der Waals surface area contributed by atoms with Crippen molar-refractivity contribution in [2.24, 2.45) is 0 Å². The van der Waals surface area contributed by atoms with Crippen molar-refractivity contribution < 1.29 is 17.9 Å². The molecule has 3 rings (SSSR count). The second-order valence-electron chi connectivity index (χ2n) is 5.81. The van der Waals surface area contributed by atoms with E-state index in [2.05, 4.69) is 19.8 Å². The number of hydrogen-bond acceptors (Lipinski definition) is 5. The van der Waals surface area contributed by atoms with Crippen LogP contribution in [0.3, 0.4) is 0 Å². The van der Waals surface area contributed by atoms with Crippen LogP contribution in [0.25, 0.3) is 11.3 Å². The zero-order chi connectivity index (χ0) is 20.1. The SMILES string of the molecule is O=c1ccc(-c2cnc(OCC(F)(F)F)nc2)nn1CCc1ccc(Cl)cc1. The molecule has 0 N–H and O–H groups in total. The molecule has 0 saturated heterocycles. The monoisotopic (exact) mass is 410 g/mol. The molecule has 0 atom stereocenters. The van der Waals surface area contributed by atoms with E-state index in [4.69, 9.17) is 11.6 Å². The molecule has 0 aliphatic carbocycles. The molecule has 0 spiro atoms. The molecule has 10 heteroatoms. The van der Waals surface area contributed by atoms with Gasteiger partial charge in [0.15, 0.2) is 6.61 Å². The third kappa shape index (κ3) is 5.53. The summed E-state index contributed by atoms with van der Waals surface area (Å²) in [6.45, 7) is -1.12. The topological polar surface area (TPSA) is 69.9 Å². The van der Waals surface area contributed by atoms with Crippen LogP contribution in [0.4, 0.5) is 13.2 Å². The van der Waals surface area contributed by atoms with E-state index in [0.717, 1.165) is 5.56 Å². The van der Waals surface area contributed by atoms with E-state index < -0.39 is 18.8 Å². The fourth-order valence-electron chi connectivity index (χ4n) is 2.32. The highest BCUT2D eigenvalue weighted by molar-refractivity contribution is 6.30. The van der Waals surface area contributed by atoms with Crippen molar-refractivity contribution in [1.82, 2.24) is 19.7 Å². The van der Waals surface area contributed by atoms with Gasteiger partial charge < -0.3 is 4.74 Å². The molecule has 3 aromatic rings. The minimum absolute atomic E-state index is 0.274. The van der Waals surface area contributed by atoms with Crippen LogP contribution in [0.5, 0.6) is 6.01 Å². The van der Waals surface area contributed by atoms with E-state index >= 15 is 0 Å². The predicted molar refractivity (Wildman–Crippen MR) is 96.2 cm³/mol. The van der Waals surface area contributed by atoms with Gasteiger partial charge in [-0.25, -0.2) is 14.6 Å². The van der Waals surface area contributed by atoms with E-state index in [1.807, 2.05) is 12.1 Å². The second-order valence-corrected chi connectivity index (χ2v) is 6.25. The fraction of sp³-hybridized carbons (Fsp3) is 0.222. The number of alkyl halides is 3. The van der Waals surface area contributed by atoms with Gasteiger partial charge in [-0.15, -0.1) is 0 Å². The standard InChI is InChI=1S/C18H14ClF3N4O2/c19-14-3-1-12(2-4-14)7-8-26-16(27)6-5-15(25-26)13-9-23-17(24-10-13)28-11-18(20,21)22/h1-6,9-10H,7-8,11H2. The van der Waals surface area contributed by atoms with Crippen molar-refractivity contribution in [3.63, 3.8) is 0 Å². The van der Waals surface area contributed by atoms with Gasteiger partial charge in [0.2, 0.25) is 0 Å². The van der Waals surface area contributed by atoms with E-state index in [1.165, 1.54) is 29.2 Å². The molecule has 0 fully saturated rings. The Morgan fingerprint density at radius 1 is 1.04 bits per heavy atom. The van der Waals surface area contributed by atoms with Crippen LogP contribution in [0, 0.1) is 0 Å². The lowest BCUT2D eigenvalue weighted by molar-refractivity contribution is -0.154. The molecule has 2 aromatic heterocycles. The molecular formula is C18H14ClF3N4O2. The number of nitrogens with zero attached hydrogens (tertiary/aromatic N) is 4. The molecule has 146 valence electrons. The number of halogens is 4. The van der Waals surface area contributed by atoms with E-state index in [0.29, 0.717) is 29.2 Å². The summed E-state index contributed by atoms with van der Waals surface area (Å²) in [4.78, 5) is 19.5. The number of rotatable bonds is 6. The van der Waals surface area contributed by atoms with Gasteiger partial charge in [0.05, 0.1) is 5.69 Å². The first-order valence-corrected chi connectivity index (χ1v) is 8.52. The first kappa shape index (κ1) is 19.8. The Hall–Kier alpha value is -2.94. The Kier molecular flexibility index (Phi) is 5.93. The molecule has 2 heterocycles. The zero-order valence-corrected chi connectivity index (χ0v) is 15.1. The highest BCUT2D eigenvalue weighted by atomic mass is 35.5. The first-order valence-electron chi connectivity index (χ1n) is 8.15. The van der Waals surface area contributed by atoms with Gasteiger partial charge in [0.1, 0.15) is 0 Å². The number of aromatic nitrogens is 4. The predicted octanol–water partition coefficient (Wildman–Crippen LogP) is 3.54. The maximum atomic E-state index is 12.2. The van der Waals surface area contributed by atoms with Gasteiger partial charge >= 0.3 is 12.2 Å². The molecule has 0 aliphatic rings. The quantitative estimate of drug-likeness (QED) is 0.621. The molecule has 0 unspecified atom stereocenters. The summed E-state index contributed by atoms with van der Waals surface area (Å²) in [7, 11) is 0. The largest absolute Gasteiger partial charge is 0.454 e. The third-order valence-corrected chi connectivity index (χ3v) is 3.93. The Morgan fingerprint density at radius 3 is 2.36 bits per heavy atom. The highest BCUT2D eigenvalue weighted by Gasteiger charge is 2.28. The summed E-state index contributed by atoms with van der Waals surface area (Å²) in [5.74, 6) is 0. The summed E-state index contributed by atoms with van der Waals surface area (Å²) in [6, 6.07) is 9.73. The number of aryl methyl sites for hydroxylation is 2. The van der Waals surface area contributed by atoms with Crippen molar-refractivity contribution in [3.05, 3.63) is 69.7 Å². The van der Waals surface area contributed by atoms with Crippen molar-refractivity contribution in [2.75, 3.05) is 6.61 Å². The van der Waals surface area contributed by atoms with Crippen LogP contribution < -0.4 is 10.3 Å². The van der Waals surface area contributed by atoms with E-state index in [-0.39, 0.29) is 5.56 Å². The minimum Gasteiger partial charge on any atom is -0.454 e. The third-order valence-electron chi connectivity index (χ3n) is 3.68. The molecule has 0 radical (unpaired) electrons. The van der Waals surface area contributed by atoms with Crippen LogP contribution in [-0.2, 0) is 13.0 Å². The van der Waals surface area contributed by atoms with Crippen LogP contribution in [-0.4, -0.2) is 32.5 Å². The fourth-order valence-corrected chi connectivity index (χ4v) is 2.44. The lowest BCUT2D eigenvalue weighted by Gasteiger charge is -2.09. The van der Waals surface area contributed by atoms with Gasteiger partial charge in [0, 0.05) is 35.6 Å². The lowest BCUT2D eigenvalue weighted by atomic mass is 10.1. The Labute approximate surface area is 162 Å². The molecule has 1 aromatic carbocycles. The van der Waals surface area contributed by atoms with Crippen molar-refractivity contribution >= 4 is 11.6 Å². The Balaban J connectivity index is 1.71. The maximum Gasteiger partial charge on any atom is 0.422 e. The Bertz CT molecular complexity index is 989. The maximum absolute atomic E-state index is 12.2. The number of hydrogen-bond donors (Lipinski definition) is 0. The van der Waals surface area contributed by atoms with Crippen molar-refractivity contribution in [2.45, 2.75) is 19.1 Å². The van der Waals surface area contributed by atoms with E-state index in [9.17, 15) is 18.0 Å². The molecule has 28 heavy (non-hydrogen) atoms. The van der Waals surface area contributed by atoms with Crippen LogP contribution in [0.15, 0.2) is 53.6 Å². The average molecular weight is 411 g/mol. The highest BCUT2D eigenvalue weighted by Crippen LogP contribution is 2.18. The molecule has 0 aliphatic heterocycles. The summed E-state index contributed by atoms with van der Waals surface area (Å²) in [5.41, 5.74) is 1.58. The molecule has 0 saturated carbocycles. The minimum atomic E-state index is -4.47. The normalized spacial score (nSPS) is 11.4. The molecule has 6 nitrogen and oxygen atoms in total. The van der Waals surface area contributed by atoms with Gasteiger partial charge in [-0.05, 0) is 30.2 Å². The zero-order valence-electron chi connectivity index (χ0n) is 14.4. The van der Waals surface area contributed by atoms with Crippen molar-refractivity contribution in [1.29, 1.82) is 0 Å². The van der Waals surface area contributed by atoms with E-state index in [1.54, 1.807) is 12.1 Å². The lowest BCUT2D eigenvalue weighted by Crippen LogP contribution is -2.23. The Morgan fingerprint density at radius 2 is 1.71 bits per heavy atom. The van der Waals surface area contributed by atoms with Crippen LogP contribution >= 0.6 is 11.6 Å². The number of ether oxygens (including phenoxy) is 1. The molecular weight excluding hydrogens is 397 g/mol. The second kappa shape index (κ2) is 8.39. The smallest absolute Gasteiger partial charge is 0.422 e. The van der Waals surface area contributed by atoms with Gasteiger partial charge in [-0.1, -0.05) is 23.7 Å².